The quantitative estimate of drug-likeness (QED) is 0.244. The molecule has 0 bridgehead atoms. The number of Topliss-reactive ketones (excluding diaryl/α,β-unsaturated/α-hetero) is 1. The maximum Gasteiger partial charge on any atom is 0.415 e. The first-order chi connectivity index (χ1) is 21.1. The number of amides is 2. The molecule has 1 aliphatic rings. The monoisotopic (exact) mass is 605 g/mol. The van der Waals surface area contributed by atoms with Crippen LogP contribution in [0.25, 0.3) is 32.6 Å². The number of aromatic nitrogens is 2. The van der Waals surface area contributed by atoms with Crippen molar-refractivity contribution in [3.05, 3.63) is 46.4 Å². The lowest BCUT2D eigenvalue weighted by atomic mass is 10.0. The summed E-state index contributed by atoms with van der Waals surface area (Å²) in [5.41, 5.74) is 1.34. The van der Waals surface area contributed by atoms with Gasteiger partial charge in [0, 0.05) is 74.7 Å². The van der Waals surface area contributed by atoms with Crippen molar-refractivity contribution in [1.29, 1.82) is 0 Å². The van der Waals surface area contributed by atoms with Gasteiger partial charge in [0.25, 0.3) is 5.56 Å². The zero-order valence-corrected chi connectivity index (χ0v) is 25.1. The number of likely N-dealkylation sites (N-methyl/N-ethyl adjacent to an activating group) is 2. The first kappa shape index (κ1) is 30.7. The molecule has 0 spiro atoms. The highest BCUT2D eigenvalue weighted by Crippen LogP contribution is 2.39. The average Bonchev–Trinajstić information content (AvgIpc) is 3.45. The van der Waals surface area contributed by atoms with Crippen LogP contribution in [0.5, 0.6) is 17.2 Å². The molecule has 0 aliphatic carbocycles. The van der Waals surface area contributed by atoms with E-state index in [0.717, 1.165) is 5.39 Å². The molecule has 2 N–H and O–H groups in total. The zero-order chi connectivity index (χ0) is 31.5. The van der Waals surface area contributed by atoms with Gasteiger partial charge in [-0.15, -0.1) is 0 Å². The molecule has 0 saturated heterocycles. The molecule has 0 fully saturated rings. The number of pyridine rings is 2. The number of ether oxygens (including phenoxy) is 3. The van der Waals surface area contributed by atoms with Crippen LogP contribution in [-0.2, 0) is 22.7 Å². The fourth-order valence-electron chi connectivity index (χ4n) is 5.06. The van der Waals surface area contributed by atoms with Gasteiger partial charge in [0.1, 0.15) is 11.5 Å². The van der Waals surface area contributed by atoms with E-state index in [-0.39, 0.29) is 55.7 Å². The number of fused-ring (bicyclic) bond motifs is 6. The lowest BCUT2D eigenvalue weighted by Gasteiger charge is -2.20. The number of carbonyl (C=O) groups excluding carboxylic acids is 3. The van der Waals surface area contributed by atoms with E-state index in [9.17, 15) is 24.3 Å². The predicted octanol–water partition coefficient (Wildman–Crippen LogP) is 2.40. The van der Waals surface area contributed by atoms with Gasteiger partial charge >= 0.3 is 6.09 Å². The van der Waals surface area contributed by atoms with Crippen molar-refractivity contribution in [1.82, 2.24) is 24.7 Å². The molecule has 13 nitrogen and oxygen atoms in total. The van der Waals surface area contributed by atoms with Gasteiger partial charge in [-0.25, -0.2) is 4.79 Å². The smallest absolute Gasteiger partial charge is 0.415 e. The van der Waals surface area contributed by atoms with Crippen LogP contribution in [0.2, 0.25) is 0 Å². The Balaban J connectivity index is 1.51. The van der Waals surface area contributed by atoms with Crippen LogP contribution in [0, 0.1) is 0 Å². The molecule has 232 valence electrons. The van der Waals surface area contributed by atoms with E-state index >= 15 is 0 Å². The summed E-state index contributed by atoms with van der Waals surface area (Å²) in [5, 5.41) is 15.2. The average molecular weight is 606 g/mol. The van der Waals surface area contributed by atoms with Crippen LogP contribution in [0.4, 0.5) is 4.79 Å². The fourth-order valence-corrected chi connectivity index (χ4v) is 5.06. The third-order valence-electron chi connectivity index (χ3n) is 7.49. The van der Waals surface area contributed by atoms with Gasteiger partial charge in [0.05, 0.1) is 23.0 Å². The number of aliphatic hydroxyl groups is 1. The molecule has 13 heteroatoms. The summed E-state index contributed by atoms with van der Waals surface area (Å²) in [7, 11) is 5.35. The lowest BCUT2D eigenvalue weighted by Crippen LogP contribution is -2.37. The standard InChI is InChI=1S/C31H35N5O8/c1-18(38)5-6-28(39)32-7-8-35(4)31(41)44-25-12-21-20(11-19(25)16-37)23-15-33-24-14-27-26(42-17-43-27)13-22(24)29(23)36(30(21)40)10-9-34(2)3/h11-15,37H,5-10,16-17H2,1-4H3,(H,32,39). The Kier molecular flexibility index (Phi) is 8.97. The zero-order valence-electron chi connectivity index (χ0n) is 25.1. The number of aliphatic hydroxyl groups excluding tert-OH is 1. The molecule has 0 unspecified atom stereocenters. The summed E-state index contributed by atoms with van der Waals surface area (Å²) in [6, 6.07) is 6.74. The summed E-state index contributed by atoms with van der Waals surface area (Å²) >= 11 is 0. The van der Waals surface area contributed by atoms with Crippen molar-refractivity contribution in [2.24, 2.45) is 0 Å². The Bertz CT molecular complexity index is 1830. The second-order valence-electron chi connectivity index (χ2n) is 11.0. The van der Waals surface area contributed by atoms with Crippen molar-refractivity contribution in [3.8, 4) is 17.2 Å². The molecule has 2 aromatic heterocycles. The van der Waals surface area contributed by atoms with Crippen LogP contribution in [-0.4, -0.2) is 89.8 Å². The first-order valence-electron chi connectivity index (χ1n) is 14.2. The molecule has 0 atom stereocenters. The lowest BCUT2D eigenvalue weighted by molar-refractivity contribution is -0.124. The molecule has 44 heavy (non-hydrogen) atoms. The van der Waals surface area contributed by atoms with Crippen molar-refractivity contribution in [2.45, 2.75) is 32.9 Å². The summed E-state index contributed by atoms with van der Waals surface area (Å²) < 4.78 is 18.5. The van der Waals surface area contributed by atoms with E-state index in [1.165, 1.54) is 24.9 Å². The number of hydrogen-bond donors (Lipinski definition) is 2. The van der Waals surface area contributed by atoms with Gasteiger partial charge in [-0.2, -0.15) is 0 Å². The molecular weight excluding hydrogens is 570 g/mol. The van der Waals surface area contributed by atoms with Gasteiger partial charge in [0.15, 0.2) is 11.5 Å². The van der Waals surface area contributed by atoms with Crippen molar-refractivity contribution in [3.63, 3.8) is 0 Å². The van der Waals surface area contributed by atoms with Gasteiger partial charge in [-0.05, 0) is 44.6 Å². The van der Waals surface area contributed by atoms with Gasteiger partial charge < -0.3 is 43.8 Å². The molecule has 1 aliphatic heterocycles. The van der Waals surface area contributed by atoms with Gasteiger partial charge in [-0.3, -0.25) is 14.6 Å². The molecule has 2 amide bonds. The minimum atomic E-state index is -0.727. The fraction of sp³-hybridized carbons (Fsp3) is 0.387. The number of ketones is 1. The Morgan fingerprint density at radius 3 is 2.45 bits per heavy atom. The summed E-state index contributed by atoms with van der Waals surface area (Å²) in [6.07, 6.45) is 1.20. The van der Waals surface area contributed by atoms with Crippen LogP contribution in [0.3, 0.4) is 0 Å². The summed E-state index contributed by atoms with van der Waals surface area (Å²) in [5.74, 6) is 0.837. The molecular formula is C31H35N5O8. The van der Waals surface area contributed by atoms with Crippen LogP contribution in [0.15, 0.2) is 35.3 Å². The van der Waals surface area contributed by atoms with Crippen molar-refractivity contribution < 1.29 is 33.7 Å². The van der Waals surface area contributed by atoms with Crippen LogP contribution >= 0.6 is 0 Å². The maximum atomic E-state index is 14.1. The Morgan fingerprint density at radius 1 is 1.00 bits per heavy atom. The second kappa shape index (κ2) is 12.9. The van der Waals surface area contributed by atoms with Gasteiger partial charge in [-0.1, -0.05) is 0 Å². The Hall–Kier alpha value is -4.75. The largest absolute Gasteiger partial charge is 0.454 e. The highest BCUT2D eigenvalue weighted by atomic mass is 16.7. The Labute approximate surface area is 252 Å². The molecule has 0 saturated carbocycles. The third kappa shape index (κ3) is 6.29. The number of carbonyl (C=O) groups is 3. The molecule has 2 aromatic carbocycles. The third-order valence-corrected chi connectivity index (χ3v) is 7.49. The predicted molar refractivity (Wildman–Crippen MR) is 163 cm³/mol. The topological polar surface area (TPSA) is 153 Å². The van der Waals surface area contributed by atoms with Crippen LogP contribution < -0.4 is 25.1 Å². The molecule has 0 radical (unpaired) electrons. The minimum Gasteiger partial charge on any atom is -0.454 e. The highest BCUT2D eigenvalue weighted by Gasteiger charge is 2.22. The van der Waals surface area contributed by atoms with Crippen molar-refractivity contribution in [2.75, 3.05) is 47.6 Å². The highest BCUT2D eigenvalue weighted by molar-refractivity contribution is 6.15. The number of rotatable bonds is 11. The number of hydrogen-bond acceptors (Lipinski definition) is 10. The van der Waals surface area contributed by atoms with Crippen LogP contribution in [0.1, 0.15) is 25.3 Å². The van der Waals surface area contributed by atoms with Crippen molar-refractivity contribution >= 4 is 50.4 Å². The van der Waals surface area contributed by atoms with E-state index < -0.39 is 12.7 Å². The molecule has 4 aromatic rings. The van der Waals surface area contributed by atoms with E-state index in [4.69, 9.17) is 14.2 Å². The second-order valence-corrected chi connectivity index (χ2v) is 11.0. The molecule has 3 heterocycles. The number of nitrogens with zero attached hydrogens (tertiary/aromatic N) is 4. The number of benzene rings is 2. The number of nitrogens with one attached hydrogen (secondary N) is 1. The summed E-state index contributed by atoms with van der Waals surface area (Å²) in [6.45, 7) is 2.35. The van der Waals surface area contributed by atoms with E-state index in [1.807, 2.05) is 25.1 Å². The van der Waals surface area contributed by atoms with E-state index in [0.29, 0.717) is 57.3 Å². The minimum absolute atomic E-state index is 0.0510. The summed E-state index contributed by atoms with van der Waals surface area (Å²) in [4.78, 5) is 57.9. The van der Waals surface area contributed by atoms with E-state index in [1.54, 1.807) is 22.9 Å². The Morgan fingerprint density at radius 2 is 1.75 bits per heavy atom. The normalized spacial score (nSPS) is 12.3. The molecule has 5 rings (SSSR count). The first-order valence-corrected chi connectivity index (χ1v) is 14.2. The SMILES string of the molecule is CC(=O)CCC(=O)NCCN(C)C(=O)Oc1cc2c(=O)n(CCN(C)C)c3c4cc5c(cc4ncc3c2cc1CO)OCO5. The van der Waals surface area contributed by atoms with E-state index in [2.05, 4.69) is 10.3 Å². The maximum absolute atomic E-state index is 14.1. The van der Waals surface area contributed by atoms with Gasteiger partial charge in [0.2, 0.25) is 12.7 Å².